The molecule has 0 spiro atoms. The van der Waals surface area contributed by atoms with Gasteiger partial charge in [0.05, 0.1) is 16.6 Å². The molecule has 15 heavy (non-hydrogen) atoms. The van der Waals surface area contributed by atoms with Gasteiger partial charge in [-0.3, -0.25) is 0 Å². The molecule has 2 aromatic rings. The first-order chi connectivity index (χ1) is 7.08. The van der Waals surface area contributed by atoms with Crippen molar-refractivity contribution in [3.05, 3.63) is 23.1 Å². The van der Waals surface area contributed by atoms with Crippen molar-refractivity contribution in [1.82, 2.24) is 14.5 Å². The number of fused-ring (bicyclic) bond motifs is 1. The van der Waals surface area contributed by atoms with Gasteiger partial charge in [-0.05, 0) is 13.0 Å². The number of hydrogen-bond donors (Lipinski definition) is 1. The molecule has 0 saturated heterocycles. The lowest BCUT2D eigenvalue weighted by molar-refractivity contribution is 0.825. The molecule has 0 fully saturated rings. The van der Waals surface area contributed by atoms with Crippen LogP contribution < -0.4 is 5.73 Å². The number of halogens is 1. The van der Waals surface area contributed by atoms with Gasteiger partial charge in [-0.25, -0.2) is 9.97 Å². The molecule has 0 amide bonds. The van der Waals surface area contributed by atoms with Gasteiger partial charge in [0.2, 0.25) is 0 Å². The quantitative estimate of drug-likeness (QED) is 0.812. The topological polar surface area (TPSA) is 56.7 Å². The smallest absolute Gasteiger partial charge is 0.160 e. The lowest BCUT2D eigenvalue weighted by Crippen LogP contribution is -2.17. The van der Waals surface area contributed by atoms with Gasteiger partial charge in [0, 0.05) is 6.20 Å². The van der Waals surface area contributed by atoms with Gasteiger partial charge >= 0.3 is 0 Å². The van der Waals surface area contributed by atoms with Crippen LogP contribution in [0.1, 0.15) is 5.82 Å². The molecule has 2 rings (SSSR count). The summed E-state index contributed by atoms with van der Waals surface area (Å²) in [5.74, 6) is 0.826. The Morgan fingerprint density at radius 1 is 1.67 bits per heavy atom. The van der Waals surface area contributed by atoms with Gasteiger partial charge in [-0.1, -0.05) is 23.8 Å². The highest BCUT2D eigenvalue weighted by atomic mass is 35.5. The summed E-state index contributed by atoms with van der Waals surface area (Å²) in [5, 5.41) is 0.572. The summed E-state index contributed by atoms with van der Waals surface area (Å²) in [6.07, 6.45) is 1.58. The minimum Gasteiger partial charge on any atom is -0.392 e. The standard InChI is InChI=1S/C9H9ClN4S/c1-5-13-7-2-6(10)3-12-9(7)14(5)4-8(11)15/h2-3H,4H2,1H3,(H2,11,15). The van der Waals surface area contributed by atoms with E-state index in [0.29, 0.717) is 16.6 Å². The fraction of sp³-hybridized carbons (Fsp3) is 0.222. The summed E-state index contributed by atoms with van der Waals surface area (Å²) in [6.45, 7) is 2.33. The molecule has 0 saturated carbocycles. The van der Waals surface area contributed by atoms with Gasteiger partial charge in [0.25, 0.3) is 0 Å². The van der Waals surface area contributed by atoms with Crippen LogP contribution in [0.3, 0.4) is 0 Å². The molecule has 0 aromatic carbocycles. The lowest BCUT2D eigenvalue weighted by atomic mass is 10.4. The van der Waals surface area contributed by atoms with Crippen molar-refractivity contribution in [3.8, 4) is 0 Å². The molecule has 2 heterocycles. The van der Waals surface area contributed by atoms with E-state index in [1.165, 1.54) is 0 Å². The molecule has 0 unspecified atom stereocenters. The van der Waals surface area contributed by atoms with Crippen LogP contribution in [0.5, 0.6) is 0 Å². The fourth-order valence-corrected chi connectivity index (χ4v) is 1.73. The van der Waals surface area contributed by atoms with Crippen LogP contribution >= 0.6 is 23.8 Å². The van der Waals surface area contributed by atoms with Crippen molar-refractivity contribution in [2.75, 3.05) is 0 Å². The van der Waals surface area contributed by atoms with E-state index < -0.39 is 0 Å². The van der Waals surface area contributed by atoms with Gasteiger partial charge in [-0.2, -0.15) is 0 Å². The minimum absolute atomic E-state index is 0.411. The van der Waals surface area contributed by atoms with Crippen LogP contribution in [-0.2, 0) is 6.54 Å². The van der Waals surface area contributed by atoms with E-state index in [4.69, 9.17) is 29.6 Å². The van der Waals surface area contributed by atoms with E-state index in [1.54, 1.807) is 12.3 Å². The number of aryl methyl sites for hydroxylation is 1. The Hall–Kier alpha value is -1.20. The number of imidazole rings is 1. The number of nitrogens with two attached hydrogens (primary N) is 1. The van der Waals surface area contributed by atoms with E-state index in [0.717, 1.165) is 17.0 Å². The highest BCUT2D eigenvalue weighted by Gasteiger charge is 2.09. The van der Waals surface area contributed by atoms with Crippen LogP contribution in [0.25, 0.3) is 11.2 Å². The number of rotatable bonds is 2. The second kappa shape index (κ2) is 3.75. The van der Waals surface area contributed by atoms with Crippen LogP contribution in [0, 0.1) is 6.92 Å². The van der Waals surface area contributed by atoms with E-state index in [9.17, 15) is 0 Å². The number of thiocarbonyl (C=S) groups is 1. The Bertz CT molecular complexity index is 534. The summed E-state index contributed by atoms with van der Waals surface area (Å²) >= 11 is 10.7. The monoisotopic (exact) mass is 240 g/mol. The lowest BCUT2D eigenvalue weighted by Gasteiger charge is -2.03. The number of hydrogen-bond acceptors (Lipinski definition) is 3. The Balaban J connectivity index is 2.63. The molecule has 78 valence electrons. The maximum absolute atomic E-state index is 5.82. The highest BCUT2D eigenvalue weighted by molar-refractivity contribution is 7.80. The second-order valence-electron chi connectivity index (χ2n) is 3.21. The first kappa shape index (κ1) is 10.3. The number of pyridine rings is 1. The third-order valence-corrected chi connectivity index (χ3v) is 2.39. The van der Waals surface area contributed by atoms with E-state index >= 15 is 0 Å². The summed E-state index contributed by atoms with van der Waals surface area (Å²) in [5.41, 5.74) is 7.02. The van der Waals surface area contributed by atoms with Crippen LogP contribution in [0.4, 0.5) is 0 Å². The number of aromatic nitrogens is 3. The molecule has 0 bridgehead atoms. The fourth-order valence-electron chi connectivity index (χ4n) is 1.44. The van der Waals surface area contributed by atoms with Crippen molar-refractivity contribution >= 4 is 40.0 Å². The van der Waals surface area contributed by atoms with E-state index in [-0.39, 0.29) is 0 Å². The Labute approximate surface area is 97.1 Å². The van der Waals surface area contributed by atoms with Crippen molar-refractivity contribution in [1.29, 1.82) is 0 Å². The maximum atomic E-state index is 5.82. The normalized spacial score (nSPS) is 10.8. The largest absolute Gasteiger partial charge is 0.392 e. The minimum atomic E-state index is 0.411. The van der Waals surface area contributed by atoms with Crippen molar-refractivity contribution in [2.45, 2.75) is 13.5 Å². The predicted octanol–water partition coefficient (Wildman–Crippen LogP) is 1.68. The van der Waals surface area contributed by atoms with Crippen molar-refractivity contribution in [3.63, 3.8) is 0 Å². The maximum Gasteiger partial charge on any atom is 0.160 e. The average Bonchev–Trinajstić information content (AvgIpc) is 2.41. The van der Waals surface area contributed by atoms with Gasteiger partial charge in [0.15, 0.2) is 5.65 Å². The van der Waals surface area contributed by atoms with Gasteiger partial charge < -0.3 is 10.3 Å². The van der Waals surface area contributed by atoms with E-state index in [1.807, 2.05) is 11.5 Å². The average molecular weight is 241 g/mol. The summed E-state index contributed by atoms with van der Waals surface area (Å²) in [4.78, 5) is 8.95. The SMILES string of the molecule is Cc1nc2cc(Cl)cnc2n1CC(N)=S. The molecule has 2 N–H and O–H groups in total. The van der Waals surface area contributed by atoms with Crippen LogP contribution in [-0.4, -0.2) is 19.5 Å². The molecule has 0 radical (unpaired) electrons. The summed E-state index contributed by atoms with van der Waals surface area (Å²) < 4.78 is 1.87. The van der Waals surface area contributed by atoms with Crippen molar-refractivity contribution in [2.24, 2.45) is 5.73 Å². The predicted molar refractivity (Wildman–Crippen MR) is 64.1 cm³/mol. The summed E-state index contributed by atoms with van der Waals surface area (Å²) in [7, 11) is 0. The summed E-state index contributed by atoms with van der Waals surface area (Å²) in [6, 6.07) is 1.77. The van der Waals surface area contributed by atoms with Crippen LogP contribution in [0.2, 0.25) is 5.02 Å². The first-order valence-corrected chi connectivity index (χ1v) is 5.13. The zero-order valence-corrected chi connectivity index (χ0v) is 9.64. The van der Waals surface area contributed by atoms with E-state index in [2.05, 4.69) is 9.97 Å². The molecular formula is C9H9ClN4S. The third-order valence-electron chi connectivity index (χ3n) is 2.06. The zero-order chi connectivity index (χ0) is 11.0. The number of nitrogens with zero attached hydrogens (tertiary/aromatic N) is 3. The van der Waals surface area contributed by atoms with Gasteiger partial charge in [-0.15, -0.1) is 0 Å². The van der Waals surface area contributed by atoms with Crippen LogP contribution in [0.15, 0.2) is 12.3 Å². The first-order valence-electron chi connectivity index (χ1n) is 4.34. The Morgan fingerprint density at radius 3 is 3.07 bits per heavy atom. The molecule has 0 atom stereocenters. The molecule has 6 heteroatoms. The Kier molecular flexibility index (Phi) is 2.58. The molecular weight excluding hydrogens is 232 g/mol. The molecule has 0 aliphatic rings. The molecule has 0 aliphatic heterocycles. The Morgan fingerprint density at radius 2 is 2.40 bits per heavy atom. The second-order valence-corrected chi connectivity index (χ2v) is 4.17. The third kappa shape index (κ3) is 1.93. The molecule has 2 aromatic heterocycles. The van der Waals surface area contributed by atoms with Gasteiger partial charge in [0.1, 0.15) is 11.3 Å². The zero-order valence-electron chi connectivity index (χ0n) is 8.07. The van der Waals surface area contributed by atoms with Crippen molar-refractivity contribution < 1.29 is 0 Å². The molecule has 0 aliphatic carbocycles. The molecule has 4 nitrogen and oxygen atoms in total. The highest BCUT2D eigenvalue weighted by Crippen LogP contribution is 2.17.